The zero-order valence-electron chi connectivity index (χ0n) is 12.1. The van der Waals surface area contributed by atoms with Gasteiger partial charge < -0.3 is 18.9 Å². The van der Waals surface area contributed by atoms with E-state index in [4.69, 9.17) is 0 Å². The average Bonchev–Trinajstić information content (AvgIpc) is 2.40. The molecule has 0 amide bonds. The third-order valence-corrected chi connectivity index (χ3v) is 1.44. The highest BCUT2D eigenvalue weighted by Crippen LogP contribution is 1.83. The molecular weight excluding hydrogens is 272 g/mol. The van der Waals surface area contributed by atoms with Gasteiger partial charge in [-0.3, -0.25) is 0 Å². The van der Waals surface area contributed by atoms with Crippen molar-refractivity contribution in [2.75, 3.05) is 26.4 Å². The summed E-state index contributed by atoms with van der Waals surface area (Å²) in [6.07, 6.45) is 0. The SMILES string of the molecule is CCOC(=O)C(=O)OCC.CCOC(=O)C(=O)OCC. The molecule has 0 rings (SSSR count). The van der Waals surface area contributed by atoms with E-state index in [9.17, 15) is 19.2 Å². The minimum absolute atomic E-state index is 0.192. The molecule has 0 spiro atoms. The highest BCUT2D eigenvalue weighted by atomic mass is 16.6. The smallest absolute Gasteiger partial charge is 0.417 e. The second kappa shape index (κ2) is 13.3. The van der Waals surface area contributed by atoms with Crippen LogP contribution in [0.4, 0.5) is 0 Å². The molecule has 0 saturated carbocycles. The summed E-state index contributed by atoms with van der Waals surface area (Å²) in [4.78, 5) is 41.7. The zero-order chi connectivity index (χ0) is 16.0. The number of rotatable bonds is 4. The van der Waals surface area contributed by atoms with E-state index in [0.29, 0.717) is 0 Å². The monoisotopic (exact) mass is 292 g/mol. The molecule has 0 aromatic carbocycles. The van der Waals surface area contributed by atoms with Crippen LogP contribution in [0.3, 0.4) is 0 Å². The average molecular weight is 292 g/mol. The van der Waals surface area contributed by atoms with Gasteiger partial charge in [0.1, 0.15) is 0 Å². The third-order valence-electron chi connectivity index (χ3n) is 1.44. The van der Waals surface area contributed by atoms with Gasteiger partial charge in [0.15, 0.2) is 0 Å². The predicted molar refractivity (Wildman–Crippen MR) is 66.5 cm³/mol. The Morgan fingerprint density at radius 1 is 0.500 bits per heavy atom. The van der Waals surface area contributed by atoms with Gasteiger partial charge in [-0.15, -0.1) is 0 Å². The van der Waals surface area contributed by atoms with Gasteiger partial charge in [-0.05, 0) is 27.7 Å². The van der Waals surface area contributed by atoms with E-state index in [1.807, 2.05) is 0 Å². The zero-order valence-corrected chi connectivity index (χ0v) is 12.1. The van der Waals surface area contributed by atoms with Crippen LogP contribution in [0.15, 0.2) is 0 Å². The van der Waals surface area contributed by atoms with E-state index < -0.39 is 23.9 Å². The maximum atomic E-state index is 10.4. The molecule has 0 unspecified atom stereocenters. The molecule has 0 fully saturated rings. The third kappa shape index (κ3) is 11.0. The van der Waals surface area contributed by atoms with Crippen LogP contribution in [-0.4, -0.2) is 50.3 Å². The molecule has 0 aromatic rings. The van der Waals surface area contributed by atoms with Crippen LogP contribution in [0, 0.1) is 0 Å². The molecule has 0 N–H and O–H groups in total. The second-order valence-corrected chi connectivity index (χ2v) is 2.88. The van der Waals surface area contributed by atoms with E-state index in [0.717, 1.165) is 0 Å². The summed E-state index contributed by atoms with van der Waals surface area (Å²) < 4.78 is 17.4. The lowest BCUT2D eigenvalue weighted by atomic mass is 10.7. The molecule has 0 radical (unpaired) electrons. The normalized spacial score (nSPS) is 8.60. The van der Waals surface area contributed by atoms with Crippen molar-refractivity contribution in [3.05, 3.63) is 0 Å². The summed E-state index contributed by atoms with van der Waals surface area (Å²) in [6.45, 7) is 7.26. The first-order valence-electron chi connectivity index (χ1n) is 6.12. The van der Waals surface area contributed by atoms with Crippen molar-refractivity contribution in [2.24, 2.45) is 0 Å². The van der Waals surface area contributed by atoms with Crippen molar-refractivity contribution in [1.29, 1.82) is 0 Å². The van der Waals surface area contributed by atoms with Crippen LogP contribution < -0.4 is 0 Å². The van der Waals surface area contributed by atoms with E-state index in [-0.39, 0.29) is 26.4 Å². The fourth-order valence-electron chi connectivity index (χ4n) is 0.760. The van der Waals surface area contributed by atoms with Gasteiger partial charge in [0.25, 0.3) is 0 Å². The Balaban J connectivity index is 0. The Labute approximate surface area is 117 Å². The molecule has 0 atom stereocenters. The molecule has 0 saturated heterocycles. The lowest BCUT2D eigenvalue weighted by Crippen LogP contribution is -2.19. The van der Waals surface area contributed by atoms with Crippen molar-refractivity contribution < 1.29 is 38.1 Å². The van der Waals surface area contributed by atoms with Gasteiger partial charge >= 0.3 is 23.9 Å². The second-order valence-electron chi connectivity index (χ2n) is 2.88. The van der Waals surface area contributed by atoms with Gasteiger partial charge in [0.05, 0.1) is 26.4 Å². The van der Waals surface area contributed by atoms with Crippen LogP contribution in [-0.2, 0) is 38.1 Å². The molecule has 0 heterocycles. The lowest BCUT2D eigenvalue weighted by Gasteiger charge is -1.99. The largest absolute Gasteiger partial charge is 0.458 e. The summed E-state index contributed by atoms with van der Waals surface area (Å²) in [5, 5.41) is 0. The highest BCUT2D eigenvalue weighted by Gasteiger charge is 2.15. The maximum absolute atomic E-state index is 10.4. The van der Waals surface area contributed by atoms with Crippen LogP contribution in [0.1, 0.15) is 27.7 Å². The van der Waals surface area contributed by atoms with E-state index in [1.54, 1.807) is 27.7 Å². The van der Waals surface area contributed by atoms with Crippen molar-refractivity contribution in [2.45, 2.75) is 27.7 Å². The predicted octanol–water partition coefficient (Wildman–Crippen LogP) is 0.225. The molecule has 0 aliphatic carbocycles. The number of ether oxygens (including phenoxy) is 4. The van der Waals surface area contributed by atoms with Gasteiger partial charge in [-0.25, -0.2) is 19.2 Å². The Bertz CT molecular complexity index is 259. The van der Waals surface area contributed by atoms with Gasteiger partial charge in [-0.2, -0.15) is 0 Å². The van der Waals surface area contributed by atoms with E-state index >= 15 is 0 Å². The highest BCUT2D eigenvalue weighted by molar-refractivity contribution is 6.30. The van der Waals surface area contributed by atoms with Crippen molar-refractivity contribution in [3.63, 3.8) is 0 Å². The molecule has 0 aliphatic rings. The summed E-state index contributed by atoms with van der Waals surface area (Å²) in [7, 11) is 0. The van der Waals surface area contributed by atoms with Crippen LogP contribution in [0.2, 0.25) is 0 Å². The van der Waals surface area contributed by atoms with Crippen molar-refractivity contribution in [1.82, 2.24) is 0 Å². The number of hydrogen-bond donors (Lipinski definition) is 0. The molecular formula is C12H20O8. The topological polar surface area (TPSA) is 105 Å². The van der Waals surface area contributed by atoms with E-state index in [1.165, 1.54) is 0 Å². The fraction of sp³-hybridized carbons (Fsp3) is 0.667. The quantitative estimate of drug-likeness (QED) is 0.412. The Morgan fingerprint density at radius 3 is 0.750 bits per heavy atom. The Kier molecular flexibility index (Phi) is 13.4. The minimum Gasteiger partial charge on any atom is -0.458 e. The molecule has 0 bridgehead atoms. The van der Waals surface area contributed by atoms with Crippen LogP contribution >= 0.6 is 0 Å². The lowest BCUT2D eigenvalue weighted by molar-refractivity contribution is -0.167. The summed E-state index contributed by atoms with van der Waals surface area (Å²) in [5.74, 6) is -3.71. The molecule has 0 aromatic heterocycles. The summed E-state index contributed by atoms with van der Waals surface area (Å²) >= 11 is 0. The molecule has 0 aliphatic heterocycles. The molecule has 8 heteroatoms. The van der Waals surface area contributed by atoms with Crippen LogP contribution in [0.25, 0.3) is 0 Å². The number of esters is 4. The summed E-state index contributed by atoms with van der Waals surface area (Å²) in [6, 6.07) is 0. The van der Waals surface area contributed by atoms with Gasteiger partial charge in [0.2, 0.25) is 0 Å². The number of carbonyl (C=O) groups excluding carboxylic acids is 4. The van der Waals surface area contributed by atoms with Crippen molar-refractivity contribution >= 4 is 23.9 Å². The minimum atomic E-state index is -0.927. The standard InChI is InChI=1S/2C6H10O4/c2*1-3-9-5(7)6(8)10-4-2/h2*3-4H2,1-2H3. The van der Waals surface area contributed by atoms with Gasteiger partial charge in [-0.1, -0.05) is 0 Å². The first-order chi connectivity index (χ1) is 9.44. The molecule has 116 valence electrons. The van der Waals surface area contributed by atoms with Gasteiger partial charge in [0, 0.05) is 0 Å². The first-order valence-corrected chi connectivity index (χ1v) is 6.12. The van der Waals surface area contributed by atoms with Crippen molar-refractivity contribution in [3.8, 4) is 0 Å². The molecule has 20 heavy (non-hydrogen) atoms. The van der Waals surface area contributed by atoms with Crippen LogP contribution in [0.5, 0.6) is 0 Å². The number of hydrogen-bond acceptors (Lipinski definition) is 8. The molecule has 8 nitrogen and oxygen atoms in total. The van der Waals surface area contributed by atoms with E-state index in [2.05, 4.69) is 18.9 Å². The number of carbonyl (C=O) groups is 4. The first kappa shape index (κ1) is 20.2. The fourth-order valence-corrected chi connectivity index (χ4v) is 0.760. The maximum Gasteiger partial charge on any atom is 0.417 e. The summed E-state index contributed by atoms with van der Waals surface area (Å²) in [5.41, 5.74) is 0. The Hall–Kier alpha value is -2.12. The Morgan fingerprint density at radius 2 is 0.650 bits per heavy atom.